The van der Waals surface area contributed by atoms with E-state index in [-0.39, 0.29) is 5.91 Å². The zero-order chi connectivity index (χ0) is 16.1. The molecule has 114 valence electrons. The molecule has 23 heavy (non-hydrogen) atoms. The van der Waals surface area contributed by atoms with E-state index in [1.807, 2.05) is 36.4 Å². The van der Waals surface area contributed by atoms with Crippen molar-refractivity contribution in [2.45, 2.75) is 0 Å². The van der Waals surface area contributed by atoms with Gasteiger partial charge in [-0.25, -0.2) is 4.98 Å². The lowest BCUT2D eigenvalue weighted by Crippen LogP contribution is -2.12. The van der Waals surface area contributed by atoms with Crippen LogP contribution in [0.5, 0.6) is 0 Å². The average Bonchev–Trinajstić information content (AvgIpc) is 2.56. The second-order valence-electron chi connectivity index (χ2n) is 4.87. The highest BCUT2D eigenvalue weighted by molar-refractivity contribution is 6.04. The zero-order valence-electron chi connectivity index (χ0n) is 12.2. The van der Waals surface area contributed by atoms with Crippen LogP contribution in [0, 0.1) is 0 Å². The molecule has 3 aromatic rings. The Kier molecular flexibility index (Phi) is 4.15. The quantitative estimate of drug-likeness (QED) is 0.689. The SMILES string of the molecule is Nc1cc(C(=O)Nc2cccc(Nc3ccncc3)c2)ccn1. The number of nitrogens with one attached hydrogen (secondary N) is 2. The van der Waals surface area contributed by atoms with E-state index in [0.29, 0.717) is 17.1 Å². The van der Waals surface area contributed by atoms with Crippen molar-refractivity contribution in [3.63, 3.8) is 0 Å². The lowest BCUT2D eigenvalue weighted by molar-refractivity contribution is 0.102. The molecule has 4 N–H and O–H groups in total. The number of carbonyl (C=O) groups is 1. The lowest BCUT2D eigenvalue weighted by Gasteiger charge is -2.09. The molecule has 0 aliphatic rings. The minimum absolute atomic E-state index is 0.236. The summed E-state index contributed by atoms with van der Waals surface area (Å²) in [7, 11) is 0. The highest BCUT2D eigenvalue weighted by atomic mass is 16.1. The molecule has 0 fully saturated rings. The summed E-state index contributed by atoms with van der Waals surface area (Å²) >= 11 is 0. The number of amides is 1. The van der Waals surface area contributed by atoms with E-state index in [9.17, 15) is 4.79 Å². The van der Waals surface area contributed by atoms with Gasteiger partial charge in [-0.05, 0) is 42.5 Å². The Hall–Kier alpha value is -3.41. The molecule has 0 spiro atoms. The predicted molar refractivity (Wildman–Crippen MR) is 90.6 cm³/mol. The summed E-state index contributed by atoms with van der Waals surface area (Å²) in [4.78, 5) is 20.1. The fourth-order valence-corrected chi connectivity index (χ4v) is 2.07. The van der Waals surface area contributed by atoms with Gasteiger partial charge in [0, 0.05) is 41.2 Å². The molecular weight excluding hydrogens is 290 g/mol. The van der Waals surface area contributed by atoms with Crippen LogP contribution in [0.2, 0.25) is 0 Å². The van der Waals surface area contributed by atoms with Crippen LogP contribution in [-0.4, -0.2) is 15.9 Å². The maximum Gasteiger partial charge on any atom is 0.255 e. The molecule has 3 rings (SSSR count). The summed E-state index contributed by atoms with van der Waals surface area (Å²) in [5.74, 6) is 0.0749. The molecule has 0 atom stereocenters. The fraction of sp³-hybridized carbons (Fsp3) is 0. The number of aromatic nitrogens is 2. The maximum atomic E-state index is 12.2. The third-order valence-corrected chi connectivity index (χ3v) is 3.13. The van der Waals surface area contributed by atoms with Crippen LogP contribution < -0.4 is 16.4 Å². The number of nitrogens with zero attached hydrogens (tertiary/aromatic N) is 2. The van der Waals surface area contributed by atoms with Crippen LogP contribution in [0.4, 0.5) is 22.9 Å². The Morgan fingerprint density at radius 2 is 1.70 bits per heavy atom. The van der Waals surface area contributed by atoms with Crippen LogP contribution in [0.15, 0.2) is 67.1 Å². The Morgan fingerprint density at radius 3 is 2.48 bits per heavy atom. The van der Waals surface area contributed by atoms with Gasteiger partial charge >= 0.3 is 0 Å². The Balaban J connectivity index is 1.74. The van der Waals surface area contributed by atoms with Crippen molar-refractivity contribution in [2.75, 3.05) is 16.4 Å². The number of nitrogen functional groups attached to an aromatic ring is 1. The van der Waals surface area contributed by atoms with Crippen LogP contribution in [0.3, 0.4) is 0 Å². The van der Waals surface area contributed by atoms with Crippen LogP contribution in [-0.2, 0) is 0 Å². The van der Waals surface area contributed by atoms with Crippen molar-refractivity contribution in [2.24, 2.45) is 0 Å². The van der Waals surface area contributed by atoms with Crippen molar-refractivity contribution >= 4 is 28.8 Å². The molecular formula is C17H15N5O. The van der Waals surface area contributed by atoms with E-state index in [1.165, 1.54) is 12.3 Å². The topological polar surface area (TPSA) is 92.9 Å². The van der Waals surface area contributed by atoms with Gasteiger partial charge in [0.1, 0.15) is 5.82 Å². The van der Waals surface area contributed by atoms with Crippen LogP contribution in [0.25, 0.3) is 0 Å². The monoisotopic (exact) mass is 305 g/mol. The van der Waals surface area contributed by atoms with Gasteiger partial charge in [0.05, 0.1) is 0 Å². The zero-order valence-corrected chi connectivity index (χ0v) is 12.2. The molecule has 1 aromatic carbocycles. The number of carbonyl (C=O) groups excluding carboxylic acids is 1. The van der Waals surface area contributed by atoms with Gasteiger partial charge in [-0.1, -0.05) is 6.07 Å². The summed E-state index contributed by atoms with van der Waals surface area (Å²) in [5.41, 5.74) is 8.53. The summed E-state index contributed by atoms with van der Waals surface area (Å²) in [6, 6.07) is 14.3. The first-order valence-electron chi connectivity index (χ1n) is 7.01. The Bertz CT molecular complexity index is 820. The largest absolute Gasteiger partial charge is 0.384 e. The number of hydrogen-bond acceptors (Lipinski definition) is 5. The third kappa shape index (κ3) is 3.82. The molecule has 6 nitrogen and oxygen atoms in total. The molecule has 2 aromatic heterocycles. The van der Waals surface area contributed by atoms with Gasteiger partial charge in [-0.2, -0.15) is 0 Å². The van der Waals surface area contributed by atoms with E-state index < -0.39 is 0 Å². The first-order valence-corrected chi connectivity index (χ1v) is 7.01. The number of anilines is 4. The Labute approximate surface area is 133 Å². The molecule has 0 radical (unpaired) electrons. The van der Waals surface area contributed by atoms with E-state index in [4.69, 9.17) is 5.73 Å². The van der Waals surface area contributed by atoms with E-state index in [0.717, 1.165) is 11.4 Å². The van der Waals surface area contributed by atoms with Crippen LogP contribution >= 0.6 is 0 Å². The maximum absolute atomic E-state index is 12.2. The normalized spacial score (nSPS) is 10.1. The lowest BCUT2D eigenvalue weighted by atomic mass is 10.2. The van der Waals surface area contributed by atoms with Gasteiger partial charge in [0.2, 0.25) is 0 Å². The Morgan fingerprint density at radius 1 is 0.913 bits per heavy atom. The minimum atomic E-state index is -0.236. The number of nitrogens with two attached hydrogens (primary N) is 1. The van der Waals surface area contributed by atoms with Gasteiger partial charge in [0.25, 0.3) is 5.91 Å². The standard InChI is InChI=1S/C17H15N5O/c18-16-10-12(4-9-20-16)17(23)22-15-3-1-2-14(11-15)21-13-5-7-19-8-6-13/h1-11H,(H2,18,20)(H,19,21)(H,22,23). The van der Waals surface area contributed by atoms with E-state index in [2.05, 4.69) is 20.6 Å². The van der Waals surface area contributed by atoms with Gasteiger partial charge in [-0.15, -0.1) is 0 Å². The molecule has 0 bridgehead atoms. The molecule has 0 aliphatic heterocycles. The number of benzene rings is 1. The van der Waals surface area contributed by atoms with Gasteiger partial charge in [-0.3, -0.25) is 9.78 Å². The third-order valence-electron chi connectivity index (χ3n) is 3.13. The average molecular weight is 305 g/mol. The molecule has 6 heteroatoms. The summed E-state index contributed by atoms with van der Waals surface area (Å²) in [6.45, 7) is 0. The van der Waals surface area contributed by atoms with Gasteiger partial charge in [0.15, 0.2) is 0 Å². The van der Waals surface area contributed by atoms with Crippen molar-refractivity contribution in [1.29, 1.82) is 0 Å². The van der Waals surface area contributed by atoms with E-state index in [1.54, 1.807) is 18.5 Å². The number of pyridine rings is 2. The summed E-state index contributed by atoms with van der Waals surface area (Å²) in [6.07, 6.45) is 4.93. The summed E-state index contributed by atoms with van der Waals surface area (Å²) in [5, 5.41) is 6.08. The van der Waals surface area contributed by atoms with Crippen molar-refractivity contribution in [3.8, 4) is 0 Å². The molecule has 0 unspecified atom stereocenters. The second-order valence-corrected chi connectivity index (χ2v) is 4.87. The molecule has 0 aliphatic carbocycles. The smallest absolute Gasteiger partial charge is 0.255 e. The highest BCUT2D eigenvalue weighted by Crippen LogP contribution is 2.20. The highest BCUT2D eigenvalue weighted by Gasteiger charge is 2.07. The fourth-order valence-electron chi connectivity index (χ4n) is 2.07. The van der Waals surface area contributed by atoms with Crippen LogP contribution in [0.1, 0.15) is 10.4 Å². The van der Waals surface area contributed by atoms with Gasteiger partial charge < -0.3 is 16.4 Å². The molecule has 2 heterocycles. The number of rotatable bonds is 4. The van der Waals surface area contributed by atoms with Crippen molar-refractivity contribution in [1.82, 2.24) is 9.97 Å². The number of hydrogen-bond donors (Lipinski definition) is 3. The second kappa shape index (κ2) is 6.57. The predicted octanol–water partition coefficient (Wildman–Crippen LogP) is 3.05. The van der Waals surface area contributed by atoms with E-state index >= 15 is 0 Å². The minimum Gasteiger partial charge on any atom is -0.384 e. The summed E-state index contributed by atoms with van der Waals surface area (Å²) < 4.78 is 0. The molecule has 0 saturated heterocycles. The molecule has 1 amide bonds. The first-order chi connectivity index (χ1) is 11.2. The van der Waals surface area contributed by atoms with Crippen molar-refractivity contribution < 1.29 is 4.79 Å². The van der Waals surface area contributed by atoms with Crippen molar-refractivity contribution in [3.05, 3.63) is 72.7 Å². The first kappa shape index (κ1) is 14.5. The molecule has 0 saturated carbocycles.